The van der Waals surface area contributed by atoms with Crippen LogP contribution in [0.15, 0.2) is 11.4 Å². The Morgan fingerprint density at radius 1 is 1.57 bits per heavy atom. The first kappa shape index (κ1) is 10.1. The molecule has 2 atom stereocenters. The van der Waals surface area contributed by atoms with Crippen LogP contribution in [0.25, 0.3) is 0 Å². The van der Waals surface area contributed by atoms with Gasteiger partial charge in [0.1, 0.15) is 0 Å². The van der Waals surface area contributed by atoms with Gasteiger partial charge in [0.05, 0.1) is 12.1 Å². The van der Waals surface area contributed by atoms with Crippen molar-refractivity contribution in [1.29, 1.82) is 0 Å². The van der Waals surface area contributed by atoms with E-state index in [0.29, 0.717) is 0 Å². The predicted molar refractivity (Wildman–Crippen MR) is 59.6 cm³/mol. The highest BCUT2D eigenvalue weighted by Gasteiger charge is 2.24. The van der Waals surface area contributed by atoms with Crippen molar-refractivity contribution >= 4 is 11.3 Å². The first-order chi connectivity index (χ1) is 6.79. The summed E-state index contributed by atoms with van der Waals surface area (Å²) in [5.74, 6) is 0. The average molecular weight is 211 g/mol. The predicted octanol–water partition coefficient (Wildman–Crippen LogP) is 2.63. The molecule has 14 heavy (non-hydrogen) atoms. The second kappa shape index (κ2) is 4.43. The zero-order valence-electron chi connectivity index (χ0n) is 8.53. The number of aryl methyl sites for hydroxylation is 1. The Bertz CT molecular complexity index is 291. The van der Waals surface area contributed by atoms with Crippen LogP contribution in [-0.4, -0.2) is 12.7 Å². The maximum atomic E-state index is 6.20. The fourth-order valence-corrected chi connectivity index (χ4v) is 2.93. The van der Waals surface area contributed by atoms with Crippen LogP contribution in [0.4, 0.5) is 0 Å². The highest BCUT2D eigenvalue weighted by molar-refractivity contribution is 7.10. The summed E-state index contributed by atoms with van der Waals surface area (Å²) < 4.78 is 5.70. The molecule has 2 unspecified atom stereocenters. The number of rotatable bonds is 2. The van der Waals surface area contributed by atoms with Crippen LogP contribution in [0.3, 0.4) is 0 Å². The summed E-state index contributed by atoms with van der Waals surface area (Å²) in [7, 11) is 0. The van der Waals surface area contributed by atoms with Crippen molar-refractivity contribution in [1.82, 2.24) is 0 Å². The van der Waals surface area contributed by atoms with Crippen LogP contribution in [0.5, 0.6) is 0 Å². The van der Waals surface area contributed by atoms with Gasteiger partial charge in [0.25, 0.3) is 0 Å². The number of ether oxygens (including phenoxy) is 1. The van der Waals surface area contributed by atoms with Gasteiger partial charge in [-0.2, -0.15) is 0 Å². The second-order valence-electron chi connectivity index (χ2n) is 3.90. The Morgan fingerprint density at radius 3 is 3.00 bits per heavy atom. The Hall–Kier alpha value is -0.380. The quantitative estimate of drug-likeness (QED) is 0.816. The molecule has 1 aromatic rings. The molecule has 1 aliphatic heterocycles. The van der Waals surface area contributed by atoms with Crippen molar-refractivity contribution in [3.05, 3.63) is 21.9 Å². The molecule has 0 saturated carbocycles. The smallest absolute Gasteiger partial charge is 0.0775 e. The van der Waals surface area contributed by atoms with E-state index in [1.54, 1.807) is 11.3 Å². The molecule has 0 aliphatic carbocycles. The summed E-state index contributed by atoms with van der Waals surface area (Å²) in [6.45, 7) is 3.00. The Balaban J connectivity index is 2.07. The van der Waals surface area contributed by atoms with Crippen LogP contribution < -0.4 is 5.73 Å². The monoisotopic (exact) mass is 211 g/mol. The van der Waals surface area contributed by atoms with Gasteiger partial charge in [-0.05, 0) is 43.2 Å². The number of thiophene rings is 1. The molecule has 1 saturated heterocycles. The lowest BCUT2D eigenvalue weighted by atomic mass is 10.00. The van der Waals surface area contributed by atoms with Crippen LogP contribution in [-0.2, 0) is 4.74 Å². The van der Waals surface area contributed by atoms with Gasteiger partial charge >= 0.3 is 0 Å². The van der Waals surface area contributed by atoms with E-state index in [2.05, 4.69) is 18.4 Å². The van der Waals surface area contributed by atoms with Gasteiger partial charge in [-0.3, -0.25) is 0 Å². The molecular formula is C11H17NOS. The van der Waals surface area contributed by atoms with E-state index in [-0.39, 0.29) is 12.1 Å². The fraction of sp³-hybridized carbons (Fsp3) is 0.636. The molecule has 0 aromatic carbocycles. The summed E-state index contributed by atoms with van der Waals surface area (Å²) in [5.41, 5.74) is 7.50. The van der Waals surface area contributed by atoms with E-state index >= 15 is 0 Å². The van der Waals surface area contributed by atoms with E-state index in [1.165, 1.54) is 23.3 Å². The van der Waals surface area contributed by atoms with Gasteiger partial charge in [0.15, 0.2) is 0 Å². The molecule has 2 heterocycles. The standard InChI is InChI=1S/C11H17NOS/c1-8-5-7-14-11(8)10(12)9-4-2-3-6-13-9/h5,7,9-10H,2-4,6,12H2,1H3. The van der Waals surface area contributed by atoms with Crippen molar-refractivity contribution < 1.29 is 4.74 Å². The van der Waals surface area contributed by atoms with E-state index in [9.17, 15) is 0 Å². The van der Waals surface area contributed by atoms with Gasteiger partial charge in [-0.15, -0.1) is 11.3 Å². The summed E-state index contributed by atoms with van der Waals surface area (Å²) in [4.78, 5) is 1.29. The zero-order valence-corrected chi connectivity index (χ0v) is 9.35. The minimum absolute atomic E-state index is 0.0790. The summed E-state index contributed by atoms with van der Waals surface area (Å²) >= 11 is 1.75. The normalized spacial score (nSPS) is 24.9. The Labute approximate surface area is 89.1 Å². The lowest BCUT2D eigenvalue weighted by molar-refractivity contribution is 0.000567. The molecule has 0 bridgehead atoms. The molecule has 1 aliphatic rings. The van der Waals surface area contributed by atoms with Crippen LogP contribution in [0, 0.1) is 6.92 Å². The van der Waals surface area contributed by atoms with Crippen molar-refractivity contribution in [3.63, 3.8) is 0 Å². The number of nitrogens with two attached hydrogens (primary N) is 1. The minimum Gasteiger partial charge on any atom is -0.376 e. The van der Waals surface area contributed by atoms with Gasteiger partial charge in [-0.1, -0.05) is 0 Å². The SMILES string of the molecule is Cc1ccsc1C(N)C1CCCCO1. The summed E-state index contributed by atoms with van der Waals surface area (Å²) in [6.07, 6.45) is 3.79. The second-order valence-corrected chi connectivity index (χ2v) is 4.85. The zero-order chi connectivity index (χ0) is 9.97. The lowest BCUT2D eigenvalue weighted by Crippen LogP contribution is -2.31. The lowest BCUT2D eigenvalue weighted by Gasteiger charge is -2.27. The first-order valence-electron chi connectivity index (χ1n) is 5.20. The molecule has 78 valence electrons. The van der Waals surface area contributed by atoms with Gasteiger partial charge in [0, 0.05) is 11.5 Å². The largest absolute Gasteiger partial charge is 0.376 e. The molecule has 3 heteroatoms. The minimum atomic E-state index is 0.0790. The third kappa shape index (κ3) is 2.00. The van der Waals surface area contributed by atoms with Crippen LogP contribution >= 0.6 is 11.3 Å². The van der Waals surface area contributed by atoms with Crippen LogP contribution in [0.2, 0.25) is 0 Å². The number of hydrogen-bond acceptors (Lipinski definition) is 3. The Kier molecular flexibility index (Phi) is 3.21. The van der Waals surface area contributed by atoms with Crippen LogP contribution in [0.1, 0.15) is 35.7 Å². The van der Waals surface area contributed by atoms with Gasteiger partial charge in [-0.25, -0.2) is 0 Å². The molecular weight excluding hydrogens is 194 g/mol. The molecule has 0 amide bonds. The maximum absolute atomic E-state index is 6.20. The van der Waals surface area contributed by atoms with Gasteiger partial charge < -0.3 is 10.5 Å². The molecule has 1 aromatic heterocycles. The molecule has 0 spiro atoms. The average Bonchev–Trinajstić information content (AvgIpc) is 2.65. The summed E-state index contributed by atoms with van der Waals surface area (Å²) in [5, 5.41) is 2.10. The van der Waals surface area contributed by atoms with Crippen molar-refractivity contribution in [3.8, 4) is 0 Å². The highest BCUT2D eigenvalue weighted by Crippen LogP contribution is 2.29. The Morgan fingerprint density at radius 2 is 2.43 bits per heavy atom. The number of hydrogen-bond donors (Lipinski definition) is 1. The molecule has 2 nitrogen and oxygen atoms in total. The van der Waals surface area contributed by atoms with E-state index in [4.69, 9.17) is 10.5 Å². The van der Waals surface area contributed by atoms with E-state index in [1.807, 2.05) is 0 Å². The van der Waals surface area contributed by atoms with E-state index in [0.717, 1.165) is 13.0 Å². The molecule has 1 fully saturated rings. The fourth-order valence-electron chi connectivity index (χ4n) is 1.94. The third-order valence-electron chi connectivity index (χ3n) is 2.82. The molecule has 0 radical (unpaired) electrons. The van der Waals surface area contributed by atoms with E-state index < -0.39 is 0 Å². The summed E-state index contributed by atoms with van der Waals surface area (Å²) in [6, 6.07) is 2.21. The molecule has 2 N–H and O–H groups in total. The highest BCUT2D eigenvalue weighted by atomic mass is 32.1. The van der Waals surface area contributed by atoms with Crippen molar-refractivity contribution in [2.24, 2.45) is 5.73 Å². The van der Waals surface area contributed by atoms with Crippen molar-refractivity contribution in [2.45, 2.75) is 38.3 Å². The topological polar surface area (TPSA) is 35.2 Å². The van der Waals surface area contributed by atoms with Crippen molar-refractivity contribution in [2.75, 3.05) is 6.61 Å². The molecule has 2 rings (SSSR count). The maximum Gasteiger partial charge on any atom is 0.0775 e. The third-order valence-corrected chi connectivity index (χ3v) is 3.94. The first-order valence-corrected chi connectivity index (χ1v) is 6.08. The van der Waals surface area contributed by atoms with Gasteiger partial charge in [0.2, 0.25) is 0 Å².